The molecule has 0 N–H and O–H groups in total. The van der Waals surface area contributed by atoms with Crippen molar-refractivity contribution in [1.29, 1.82) is 0 Å². The van der Waals surface area contributed by atoms with Gasteiger partial charge in [0, 0.05) is 4.47 Å². The molecule has 0 aliphatic carbocycles. The number of ether oxygens (including phenoxy) is 1. The Hall–Kier alpha value is -2.73. The van der Waals surface area contributed by atoms with Crippen molar-refractivity contribution >= 4 is 34.1 Å². The third kappa shape index (κ3) is 4.46. The van der Waals surface area contributed by atoms with Gasteiger partial charge >= 0.3 is 5.97 Å². The largest absolute Gasteiger partial charge is 0.461 e. The van der Waals surface area contributed by atoms with E-state index in [-0.39, 0.29) is 5.69 Å². The third-order valence-electron chi connectivity index (χ3n) is 3.72. The zero-order valence-electron chi connectivity index (χ0n) is 14.3. The van der Waals surface area contributed by atoms with Crippen LogP contribution in [0.5, 0.6) is 0 Å². The fourth-order valence-corrected chi connectivity index (χ4v) is 2.72. The molecule has 0 atom stereocenters. The molecule has 0 radical (unpaired) electrons. The number of hydrogen-bond acceptors (Lipinski definition) is 4. The van der Waals surface area contributed by atoms with Crippen molar-refractivity contribution in [2.75, 3.05) is 6.61 Å². The summed E-state index contributed by atoms with van der Waals surface area (Å²) in [7, 11) is 0. The molecule has 6 heteroatoms. The minimum atomic E-state index is -0.470. The van der Waals surface area contributed by atoms with Crippen LogP contribution in [0.4, 0.5) is 0 Å². The summed E-state index contributed by atoms with van der Waals surface area (Å²) in [4.78, 5) is 12.2. The van der Waals surface area contributed by atoms with E-state index < -0.39 is 5.97 Å². The summed E-state index contributed by atoms with van der Waals surface area (Å²) >= 11 is 3.42. The Morgan fingerprint density at radius 1 is 1.12 bits per heavy atom. The first kappa shape index (κ1) is 18.1. The third-order valence-corrected chi connectivity index (χ3v) is 4.25. The summed E-state index contributed by atoms with van der Waals surface area (Å²) < 4.78 is 7.82. The van der Waals surface area contributed by atoms with E-state index in [9.17, 15) is 4.79 Å². The molecule has 3 aromatic rings. The molecule has 0 aliphatic heterocycles. The maximum Gasteiger partial charge on any atom is 0.361 e. The molecular weight excluding hydrogens is 394 g/mol. The summed E-state index contributed by atoms with van der Waals surface area (Å²) in [6.07, 6.45) is 3.77. The van der Waals surface area contributed by atoms with E-state index >= 15 is 0 Å². The monoisotopic (exact) mass is 411 g/mol. The van der Waals surface area contributed by atoms with Crippen molar-refractivity contribution in [2.45, 2.75) is 13.5 Å². The Balaban J connectivity index is 1.94. The van der Waals surface area contributed by atoms with Gasteiger partial charge in [0.15, 0.2) is 5.69 Å². The van der Waals surface area contributed by atoms with Gasteiger partial charge < -0.3 is 4.74 Å². The van der Waals surface area contributed by atoms with Crippen molar-refractivity contribution in [2.24, 2.45) is 0 Å². The number of aromatic nitrogens is 3. The van der Waals surface area contributed by atoms with Crippen molar-refractivity contribution < 1.29 is 9.53 Å². The molecule has 3 rings (SSSR count). The molecule has 132 valence electrons. The Kier molecular flexibility index (Phi) is 5.96. The predicted octanol–water partition coefficient (Wildman–Crippen LogP) is 4.44. The number of nitrogens with zero attached hydrogens (tertiary/aromatic N) is 3. The van der Waals surface area contributed by atoms with Gasteiger partial charge in [-0.3, -0.25) is 0 Å². The first-order chi connectivity index (χ1) is 12.7. The molecule has 0 aliphatic rings. The number of hydrogen-bond donors (Lipinski definition) is 0. The fourth-order valence-electron chi connectivity index (χ4n) is 2.45. The molecule has 0 fully saturated rings. The van der Waals surface area contributed by atoms with Crippen molar-refractivity contribution in [3.05, 3.63) is 81.6 Å². The van der Waals surface area contributed by atoms with E-state index in [0.717, 1.165) is 15.6 Å². The van der Waals surface area contributed by atoms with Gasteiger partial charge in [-0.2, -0.15) is 0 Å². The van der Waals surface area contributed by atoms with Crippen LogP contribution in [0.15, 0.2) is 59.1 Å². The number of rotatable bonds is 6. The molecule has 0 saturated carbocycles. The summed E-state index contributed by atoms with van der Waals surface area (Å²) in [6.45, 7) is 2.58. The Morgan fingerprint density at radius 2 is 1.85 bits per heavy atom. The average Bonchev–Trinajstić information content (AvgIpc) is 3.05. The average molecular weight is 412 g/mol. The summed E-state index contributed by atoms with van der Waals surface area (Å²) in [5.74, 6) is -0.470. The second-order valence-electron chi connectivity index (χ2n) is 5.57. The van der Waals surface area contributed by atoms with E-state index in [1.54, 1.807) is 11.6 Å². The van der Waals surface area contributed by atoms with Gasteiger partial charge in [0.2, 0.25) is 0 Å². The van der Waals surface area contributed by atoms with Crippen molar-refractivity contribution in [3.8, 4) is 0 Å². The molecule has 0 spiro atoms. The van der Waals surface area contributed by atoms with Crippen molar-refractivity contribution in [1.82, 2.24) is 15.0 Å². The zero-order chi connectivity index (χ0) is 18.4. The van der Waals surface area contributed by atoms with Gasteiger partial charge in [-0.25, -0.2) is 9.48 Å². The number of carbonyl (C=O) groups is 1. The lowest BCUT2D eigenvalue weighted by atomic mass is 10.2. The predicted molar refractivity (Wildman–Crippen MR) is 105 cm³/mol. The fraction of sp³-hybridized carbons (Fsp3) is 0.150. The van der Waals surface area contributed by atoms with Crippen LogP contribution in [-0.2, 0) is 11.3 Å². The van der Waals surface area contributed by atoms with Crippen LogP contribution in [0.25, 0.3) is 12.2 Å². The molecule has 1 aromatic heterocycles. The van der Waals surface area contributed by atoms with E-state index in [2.05, 4.69) is 26.2 Å². The maximum absolute atomic E-state index is 12.2. The van der Waals surface area contributed by atoms with E-state index in [4.69, 9.17) is 4.74 Å². The van der Waals surface area contributed by atoms with Gasteiger partial charge in [-0.1, -0.05) is 69.7 Å². The summed E-state index contributed by atoms with van der Waals surface area (Å²) in [6, 6.07) is 17.8. The minimum absolute atomic E-state index is 0.219. The zero-order valence-corrected chi connectivity index (χ0v) is 15.9. The first-order valence-electron chi connectivity index (χ1n) is 8.25. The highest BCUT2D eigenvalue weighted by Gasteiger charge is 2.19. The molecule has 0 bridgehead atoms. The van der Waals surface area contributed by atoms with Gasteiger partial charge in [0.25, 0.3) is 0 Å². The minimum Gasteiger partial charge on any atom is -0.461 e. The number of halogens is 1. The first-order valence-corrected chi connectivity index (χ1v) is 9.05. The van der Waals surface area contributed by atoms with Crippen molar-refractivity contribution in [3.63, 3.8) is 0 Å². The second kappa shape index (κ2) is 8.58. The molecule has 0 saturated heterocycles. The van der Waals surface area contributed by atoms with Crippen LogP contribution in [0.2, 0.25) is 0 Å². The van der Waals surface area contributed by atoms with Gasteiger partial charge in [-0.15, -0.1) is 5.10 Å². The highest BCUT2D eigenvalue weighted by atomic mass is 79.9. The standard InChI is InChI=1S/C20H18BrN3O2/c1-2-26-20(25)19-18(13-10-15-8-11-17(21)12-9-15)24(23-22-19)14-16-6-4-3-5-7-16/h3-13H,2,14H2,1H3/b13-10+. The van der Waals surface area contributed by atoms with E-state index in [1.165, 1.54) is 0 Å². The number of carbonyl (C=O) groups excluding carboxylic acids is 1. The second-order valence-corrected chi connectivity index (χ2v) is 6.49. The maximum atomic E-state index is 12.2. The van der Waals surface area contributed by atoms with Crippen LogP contribution in [-0.4, -0.2) is 27.6 Å². The smallest absolute Gasteiger partial charge is 0.361 e. The molecule has 1 heterocycles. The molecule has 0 unspecified atom stereocenters. The number of benzene rings is 2. The Labute approximate surface area is 160 Å². The number of esters is 1. The lowest BCUT2D eigenvalue weighted by Gasteiger charge is -2.05. The highest BCUT2D eigenvalue weighted by molar-refractivity contribution is 9.10. The molecule has 0 amide bonds. The topological polar surface area (TPSA) is 57.0 Å². The lowest BCUT2D eigenvalue weighted by Crippen LogP contribution is -2.09. The molecule has 2 aromatic carbocycles. The van der Waals surface area contributed by atoms with Gasteiger partial charge in [0.05, 0.1) is 18.8 Å². The summed E-state index contributed by atoms with van der Waals surface area (Å²) in [5.41, 5.74) is 2.92. The normalized spacial score (nSPS) is 11.0. The molecule has 5 nitrogen and oxygen atoms in total. The van der Waals surface area contributed by atoms with Crippen LogP contribution in [0, 0.1) is 0 Å². The lowest BCUT2D eigenvalue weighted by molar-refractivity contribution is 0.0519. The van der Waals surface area contributed by atoms with Crippen LogP contribution >= 0.6 is 15.9 Å². The van der Waals surface area contributed by atoms with Crippen LogP contribution in [0.3, 0.4) is 0 Å². The molecular formula is C20H18BrN3O2. The van der Waals surface area contributed by atoms with Gasteiger partial charge in [-0.05, 0) is 36.3 Å². The Bertz CT molecular complexity index is 903. The SMILES string of the molecule is CCOC(=O)c1nnn(Cc2ccccc2)c1/C=C/c1ccc(Br)cc1. The highest BCUT2D eigenvalue weighted by Crippen LogP contribution is 2.16. The van der Waals surface area contributed by atoms with E-state index in [0.29, 0.717) is 18.8 Å². The molecule has 26 heavy (non-hydrogen) atoms. The van der Waals surface area contributed by atoms with E-state index in [1.807, 2.05) is 66.7 Å². The Morgan fingerprint density at radius 3 is 2.54 bits per heavy atom. The summed E-state index contributed by atoms with van der Waals surface area (Å²) in [5, 5.41) is 8.19. The van der Waals surface area contributed by atoms with Gasteiger partial charge in [0.1, 0.15) is 0 Å². The quantitative estimate of drug-likeness (QED) is 0.562. The van der Waals surface area contributed by atoms with Crippen LogP contribution < -0.4 is 0 Å². The van der Waals surface area contributed by atoms with Crippen LogP contribution in [0.1, 0.15) is 34.2 Å².